The van der Waals surface area contributed by atoms with E-state index in [4.69, 9.17) is 4.74 Å². The van der Waals surface area contributed by atoms with Crippen molar-refractivity contribution in [1.29, 1.82) is 0 Å². The molecule has 0 N–H and O–H groups in total. The molecule has 0 saturated carbocycles. The minimum Gasteiger partial charge on any atom is -0.369 e. The van der Waals surface area contributed by atoms with Gasteiger partial charge >= 0.3 is 0 Å². The number of carbonyl (C=O) groups excluding carboxylic acids is 1. The Balaban J connectivity index is 3.17. The number of pyridine rings is 1. The van der Waals surface area contributed by atoms with E-state index in [2.05, 4.69) is 36.8 Å². The molecule has 0 radical (unpaired) electrons. The van der Waals surface area contributed by atoms with Crippen LogP contribution in [0.5, 0.6) is 0 Å². The first-order valence-corrected chi connectivity index (χ1v) is 5.06. The molecule has 13 heavy (non-hydrogen) atoms. The van der Waals surface area contributed by atoms with Gasteiger partial charge in [-0.15, -0.1) is 0 Å². The summed E-state index contributed by atoms with van der Waals surface area (Å²) in [5, 5.41) is 0. The third-order valence-electron chi connectivity index (χ3n) is 1.55. The molecule has 0 spiro atoms. The summed E-state index contributed by atoms with van der Waals surface area (Å²) in [5.41, 5.74) is 0.757. The van der Waals surface area contributed by atoms with Crippen molar-refractivity contribution >= 4 is 38.1 Å². The Hall–Kier alpha value is -0.260. The monoisotopic (exact) mass is 307 g/mol. The lowest BCUT2D eigenvalue weighted by Gasteiger charge is -2.11. The Morgan fingerprint density at radius 3 is 2.38 bits per heavy atom. The van der Waals surface area contributed by atoms with Gasteiger partial charge in [0, 0.05) is 34.0 Å². The minimum atomic E-state index is -0.563. The maximum atomic E-state index is 10.7. The second-order valence-corrected chi connectivity index (χ2v) is 4.02. The van der Waals surface area contributed by atoms with Crippen molar-refractivity contribution in [2.24, 2.45) is 0 Å². The number of aldehydes is 1. The number of carbonyl (C=O) groups is 1. The average Bonchev–Trinajstić information content (AvgIpc) is 2.11. The molecule has 5 heteroatoms. The van der Waals surface area contributed by atoms with Gasteiger partial charge in [0.2, 0.25) is 0 Å². The Morgan fingerprint density at radius 2 is 2.00 bits per heavy atom. The number of hydrogen-bond acceptors (Lipinski definition) is 3. The van der Waals surface area contributed by atoms with Crippen molar-refractivity contribution in [2.75, 3.05) is 7.11 Å². The standard InChI is InChI=1S/C8H7Br2NO2/c1-13-7(4-12)8-5(9)2-11-3-6(8)10/h2-4,7H,1H3. The number of hydrogen-bond donors (Lipinski definition) is 0. The van der Waals surface area contributed by atoms with Gasteiger partial charge in [0.15, 0.2) is 6.29 Å². The predicted octanol–water partition coefficient (Wildman–Crippen LogP) is 2.49. The summed E-state index contributed by atoms with van der Waals surface area (Å²) in [7, 11) is 1.48. The molecule has 1 heterocycles. The third kappa shape index (κ3) is 2.36. The van der Waals surface area contributed by atoms with E-state index in [0.29, 0.717) is 0 Å². The van der Waals surface area contributed by atoms with Gasteiger partial charge in [-0.1, -0.05) is 0 Å². The predicted molar refractivity (Wildman–Crippen MR) is 55.5 cm³/mol. The van der Waals surface area contributed by atoms with Crippen LogP contribution in [0.15, 0.2) is 21.3 Å². The first-order valence-electron chi connectivity index (χ1n) is 3.47. The largest absolute Gasteiger partial charge is 0.369 e. The molecular formula is C8H7Br2NO2. The molecule has 0 fully saturated rings. The smallest absolute Gasteiger partial charge is 0.153 e. The fraction of sp³-hybridized carbons (Fsp3) is 0.250. The lowest BCUT2D eigenvalue weighted by atomic mass is 10.2. The van der Waals surface area contributed by atoms with Gasteiger partial charge < -0.3 is 9.53 Å². The molecule has 0 bridgehead atoms. The van der Waals surface area contributed by atoms with Crippen molar-refractivity contribution in [1.82, 2.24) is 4.98 Å². The van der Waals surface area contributed by atoms with Crippen LogP contribution in [0.1, 0.15) is 11.7 Å². The van der Waals surface area contributed by atoms with E-state index in [0.717, 1.165) is 20.8 Å². The maximum absolute atomic E-state index is 10.7. The fourth-order valence-corrected chi connectivity index (χ4v) is 2.32. The summed E-state index contributed by atoms with van der Waals surface area (Å²) < 4.78 is 6.49. The molecule has 0 aliphatic heterocycles. The summed E-state index contributed by atoms with van der Waals surface area (Å²) in [6, 6.07) is 0. The average molecular weight is 309 g/mol. The lowest BCUT2D eigenvalue weighted by molar-refractivity contribution is -0.116. The van der Waals surface area contributed by atoms with Crippen LogP contribution in [0.4, 0.5) is 0 Å². The Labute approximate surface area is 92.8 Å². The third-order valence-corrected chi connectivity index (χ3v) is 2.82. The van der Waals surface area contributed by atoms with Crippen LogP contribution in [0.25, 0.3) is 0 Å². The highest BCUT2D eigenvalue weighted by atomic mass is 79.9. The summed E-state index contributed by atoms with van der Waals surface area (Å²) in [5.74, 6) is 0. The van der Waals surface area contributed by atoms with E-state index in [1.807, 2.05) is 0 Å². The summed E-state index contributed by atoms with van der Waals surface area (Å²) >= 11 is 6.60. The zero-order valence-corrected chi connectivity index (χ0v) is 10.0. The van der Waals surface area contributed by atoms with E-state index in [-0.39, 0.29) is 0 Å². The highest BCUT2D eigenvalue weighted by Gasteiger charge is 2.16. The summed E-state index contributed by atoms with van der Waals surface area (Å²) in [6.45, 7) is 0. The molecule has 0 aliphatic rings. The number of aromatic nitrogens is 1. The van der Waals surface area contributed by atoms with Gasteiger partial charge in [-0.05, 0) is 31.9 Å². The Bertz CT molecular complexity index is 297. The van der Waals surface area contributed by atoms with Crippen LogP contribution in [0, 0.1) is 0 Å². The number of halogens is 2. The minimum absolute atomic E-state index is 0.563. The van der Waals surface area contributed by atoms with Crippen LogP contribution < -0.4 is 0 Å². The molecule has 3 nitrogen and oxygen atoms in total. The Kier molecular flexibility index (Phi) is 4.02. The van der Waals surface area contributed by atoms with E-state index in [1.54, 1.807) is 12.4 Å². The number of nitrogens with zero attached hydrogens (tertiary/aromatic N) is 1. The van der Waals surface area contributed by atoms with Gasteiger partial charge in [0.1, 0.15) is 6.10 Å². The fourth-order valence-electron chi connectivity index (χ4n) is 0.935. The van der Waals surface area contributed by atoms with E-state index >= 15 is 0 Å². The highest BCUT2D eigenvalue weighted by Crippen LogP contribution is 2.30. The quantitative estimate of drug-likeness (QED) is 0.805. The molecule has 1 rings (SSSR count). The maximum Gasteiger partial charge on any atom is 0.153 e. The van der Waals surface area contributed by atoms with Gasteiger partial charge in [0.25, 0.3) is 0 Å². The highest BCUT2D eigenvalue weighted by molar-refractivity contribution is 9.11. The van der Waals surface area contributed by atoms with Crippen molar-refractivity contribution in [3.8, 4) is 0 Å². The van der Waals surface area contributed by atoms with Gasteiger partial charge in [0.05, 0.1) is 0 Å². The second-order valence-electron chi connectivity index (χ2n) is 2.31. The first-order chi connectivity index (χ1) is 6.20. The molecule has 1 aromatic heterocycles. The van der Waals surface area contributed by atoms with Gasteiger partial charge in [-0.25, -0.2) is 0 Å². The normalized spacial score (nSPS) is 12.5. The first kappa shape index (κ1) is 10.8. The molecule has 1 aromatic rings. The lowest BCUT2D eigenvalue weighted by Crippen LogP contribution is -2.04. The number of ether oxygens (including phenoxy) is 1. The van der Waals surface area contributed by atoms with Crippen molar-refractivity contribution in [2.45, 2.75) is 6.10 Å². The van der Waals surface area contributed by atoms with Gasteiger partial charge in [-0.2, -0.15) is 0 Å². The van der Waals surface area contributed by atoms with Crippen LogP contribution in [-0.4, -0.2) is 18.4 Å². The van der Waals surface area contributed by atoms with E-state index < -0.39 is 6.10 Å². The molecule has 0 aromatic carbocycles. The molecule has 0 aliphatic carbocycles. The van der Waals surface area contributed by atoms with E-state index in [1.165, 1.54) is 7.11 Å². The molecule has 1 atom stereocenters. The van der Waals surface area contributed by atoms with Crippen LogP contribution >= 0.6 is 31.9 Å². The Morgan fingerprint density at radius 1 is 1.46 bits per heavy atom. The topological polar surface area (TPSA) is 39.2 Å². The van der Waals surface area contributed by atoms with E-state index in [9.17, 15) is 4.79 Å². The zero-order valence-electron chi connectivity index (χ0n) is 6.83. The van der Waals surface area contributed by atoms with Crippen LogP contribution in [-0.2, 0) is 9.53 Å². The molecule has 0 amide bonds. The van der Waals surface area contributed by atoms with Crippen molar-refractivity contribution in [3.63, 3.8) is 0 Å². The second kappa shape index (κ2) is 4.83. The molecular weight excluding hydrogens is 302 g/mol. The summed E-state index contributed by atoms with van der Waals surface area (Å²) in [4.78, 5) is 14.6. The number of methoxy groups -OCH3 is 1. The van der Waals surface area contributed by atoms with Crippen molar-refractivity contribution < 1.29 is 9.53 Å². The van der Waals surface area contributed by atoms with Gasteiger partial charge in [-0.3, -0.25) is 4.98 Å². The van der Waals surface area contributed by atoms with Crippen LogP contribution in [0.3, 0.4) is 0 Å². The zero-order chi connectivity index (χ0) is 9.84. The SMILES string of the molecule is COC(C=O)c1c(Br)cncc1Br. The number of rotatable bonds is 3. The molecule has 70 valence electrons. The molecule has 1 unspecified atom stereocenters. The van der Waals surface area contributed by atoms with Crippen LogP contribution in [0.2, 0.25) is 0 Å². The molecule has 0 saturated heterocycles. The van der Waals surface area contributed by atoms with Crippen molar-refractivity contribution in [3.05, 3.63) is 26.9 Å². The summed E-state index contributed by atoms with van der Waals surface area (Å²) in [6.07, 6.45) is 3.42.